The van der Waals surface area contributed by atoms with E-state index in [9.17, 15) is 18.9 Å². The summed E-state index contributed by atoms with van der Waals surface area (Å²) in [6.45, 7) is 0. The van der Waals surface area contributed by atoms with Gasteiger partial charge in [-0.05, 0) is 17.1 Å². The molecule has 2 rings (SSSR count). The van der Waals surface area contributed by atoms with Gasteiger partial charge in [0.25, 0.3) is 0 Å². The van der Waals surface area contributed by atoms with E-state index in [1.807, 2.05) is 0 Å². The van der Waals surface area contributed by atoms with Crippen LogP contribution < -0.4 is 0 Å². The van der Waals surface area contributed by atoms with Crippen LogP contribution >= 0.6 is 11.6 Å². The van der Waals surface area contributed by atoms with Crippen LogP contribution in [0, 0.1) is 21.7 Å². The van der Waals surface area contributed by atoms with E-state index in [1.54, 1.807) is 0 Å². The molecule has 1 heterocycles. The molecule has 94 valence electrons. The van der Waals surface area contributed by atoms with Crippen molar-refractivity contribution in [3.8, 4) is 11.3 Å². The van der Waals surface area contributed by atoms with Gasteiger partial charge in [-0.2, -0.15) is 4.68 Å². The Bertz CT molecular complexity index is 622. The topological polar surface area (TPSA) is 61.0 Å². The summed E-state index contributed by atoms with van der Waals surface area (Å²) in [6.07, 6.45) is 0. The molecule has 0 saturated heterocycles. The zero-order valence-electron chi connectivity index (χ0n) is 9.02. The summed E-state index contributed by atoms with van der Waals surface area (Å²) in [7, 11) is 1.32. The Labute approximate surface area is 105 Å². The van der Waals surface area contributed by atoms with Gasteiger partial charge in [-0.1, -0.05) is 17.7 Å². The fraction of sp³-hybridized carbons (Fsp3) is 0.100. The first-order chi connectivity index (χ1) is 8.43. The quantitative estimate of drug-likeness (QED) is 0.624. The van der Waals surface area contributed by atoms with E-state index in [2.05, 4.69) is 5.10 Å². The fourth-order valence-corrected chi connectivity index (χ4v) is 1.92. The highest BCUT2D eigenvalue weighted by Crippen LogP contribution is 2.36. The maximum Gasteiger partial charge on any atom is 0.409 e. The van der Waals surface area contributed by atoms with Crippen LogP contribution in [0.15, 0.2) is 18.2 Å². The second kappa shape index (κ2) is 4.34. The van der Waals surface area contributed by atoms with Crippen LogP contribution in [0.1, 0.15) is 0 Å². The predicted molar refractivity (Wildman–Crippen MR) is 60.2 cm³/mol. The Balaban J connectivity index is 2.76. The number of benzene rings is 1. The molecular weight excluding hydrogens is 268 g/mol. The Hall–Kier alpha value is -2.02. The van der Waals surface area contributed by atoms with Gasteiger partial charge in [-0.15, -0.1) is 0 Å². The number of rotatable bonds is 2. The summed E-state index contributed by atoms with van der Waals surface area (Å²) in [5.74, 6) is -2.37. The molecule has 0 N–H and O–H groups in total. The zero-order valence-corrected chi connectivity index (χ0v) is 9.78. The average Bonchev–Trinajstić information content (AvgIpc) is 2.56. The summed E-state index contributed by atoms with van der Waals surface area (Å²) in [6, 6.07) is 3.26. The van der Waals surface area contributed by atoms with Crippen LogP contribution in [0.25, 0.3) is 11.3 Å². The van der Waals surface area contributed by atoms with Gasteiger partial charge in [0, 0.05) is 0 Å². The average molecular weight is 274 g/mol. The van der Waals surface area contributed by atoms with Gasteiger partial charge < -0.3 is 10.1 Å². The molecule has 0 amide bonds. The number of hydrogen-bond donors (Lipinski definition) is 0. The van der Waals surface area contributed by atoms with Gasteiger partial charge in [0.15, 0.2) is 5.02 Å². The highest BCUT2D eigenvalue weighted by atomic mass is 35.5. The van der Waals surface area contributed by atoms with Crippen molar-refractivity contribution in [2.75, 3.05) is 0 Å². The highest BCUT2D eigenvalue weighted by molar-refractivity contribution is 6.35. The van der Waals surface area contributed by atoms with Gasteiger partial charge in [0.1, 0.15) is 17.3 Å². The lowest BCUT2D eigenvalue weighted by atomic mass is 10.1. The Kier molecular flexibility index (Phi) is 3.00. The predicted octanol–water partition coefficient (Wildman–Crippen LogP) is 2.93. The van der Waals surface area contributed by atoms with Gasteiger partial charge in [0.2, 0.25) is 0 Å². The fourth-order valence-electron chi connectivity index (χ4n) is 1.60. The minimum Gasteiger partial charge on any atom is -0.358 e. The maximum absolute atomic E-state index is 13.6. The number of aryl methyl sites for hydroxylation is 1. The standard InChI is InChI=1S/C10H6ClF2N3O2/c1-15-9(8(11)10(14-15)16(17)18)7-5(12)3-2-4-6(7)13/h2-4H,1H3. The van der Waals surface area contributed by atoms with Crippen molar-refractivity contribution in [3.05, 3.63) is 45.0 Å². The van der Waals surface area contributed by atoms with Crippen LogP contribution in [0.3, 0.4) is 0 Å². The molecule has 0 aliphatic carbocycles. The van der Waals surface area contributed by atoms with Gasteiger partial charge in [-0.3, -0.25) is 0 Å². The molecule has 8 heteroatoms. The van der Waals surface area contributed by atoms with E-state index < -0.39 is 33.0 Å². The lowest BCUT2D eigenvalue weighted by Gasteiger charge is -2.03. The Morgan fingerprint density at radius 3 is 2.39 bits per heavy atom. The second-order valence-corrected chi connectivity index (χ2v) is 3.84. The van der Waals surface area contributed by atoms with Crippen LogP contribution in [-0.4, -0.2) is 14.7 Å². The molecule has 0 spiro atoms. The first-order valence-electron chi connectivity index (χ1n) is 4.74. The van der Waals surface area contributed by atoms with Gasteiger partial charge in [0.05, 0.1) is 17.7 Å². The van der Waals surface area contributed by atoms with E-state index in [0.717, 1.165) is 16.8 Å². The third-order valence-electron chi connectivity index (χ3n) is 2.35. The van der Waals surface area contributed by atoms with Crippen LogP contribution in [-0.2, 0) is 7.05 Å². The lowest BCUT2D eigenvalue weighted by molar-refractivity contribution is -0.389. The minimum atomic E-state index is -0.866. The molecule has 18 heavy (non-hydrogen) atoms. The van der Waals surface area contributed by atoms with Crippen molar-refractivity contribution in [1.82, 2.24) is 9.78 Å². The summed E-state index contributed by atoms with van der Waals surface area (Å²) >= 11 is 5.74. The smallest absolute Gasteiger partial charge is 0.358 e. The molecule has 0 aliphatic heterocycles. The zero-order chi connectivity index (χ0) is 13.4. The monoisotopic (exact) mass is 273 g/mol. The van der Waals surface area contributed by atoms with Crippen LogP contribution in [0.5, 0.6) is 0 Å². The largest absolute Gasteiger partial charge is 0.409 e. The second-order valence-electron chi connectivity index (χ2n) is 3.46. The summed E-state index contributed by atoms with van der Waals surface area (Å²) in [4.78, 5) is 9.83. The number of halogens is 3. The molecule has 0 aliphatic rings. The summed E-state index contributed by atoms with van der Waals surface area (Å²) < 4.78 is 28.2. The van der Waals surface area contributed by atoms with Crippen molar-refractivity contribution in [1.29, 1.82) is 0 Å². The first kappa shape index (κ1) is 12.4. The summed E-state index contributed by atoms with van der Waals surface area (Å²) in [5, 5.41) is 13.8. The third-order valence-corrected chi connectivity index (χ3v) is 2.69. The molecule has 0 fully saturated rings. The van der Waals surface area contributed by atoms with E-state index >= 15 is 0 Å². The molecular formula is C10H6ClF2N3O2. The van der Waals surface area contributed by atoms with E-state index in [4.69, 9.17) is 11.6 Å². The van der Waals surface area contributed by atoms with Crippen LogP contribution in [0.2, 0.25) is 5.02 Å². The third kappa shape index (κ3) is 1.82. The maximum atomic E-state index is 13.6. The Morgan fingerprint density at radius 2 is 1.94 bits per heavy atom. The van der Waals surface area contributed by atoms with Crippen molar-refractivity contribution < 1.29 is 13.7 Å². The molecule has 0 bridgehead atoms. The number of nitrogens with zero attached hydrogens (tertiary/aromatic N) is 3. The van der Waals surface area contributed by atoms with E-state index in [0.29, 0.717) is 0 Å². The Morgan fingerprint density at radius 1 is 1.39 bits per heavy atom. The lowest BCUT2D eigenvalue weighted by Crippen LogP contribution is -1.98. The van der Waals surface area contributed by atoms with E-state index in [1.165, 1.54) is 13.1 Å². The minimum absolute atomic E-state index is 0.168. The SMILES string of the molecule is Cn1nc([N+](=O)[O-])c(Cl)c1-c1c(F)cccc1F. The molecule has 5 nitrogen and oxygen atoms in total. The molecule has 0 radical (unpaired) electrons. The van der Waals surface area contributed by atoms with Gasteiger partial charge in [-0.25, -0.2) is 8.78 Å². The molecule has 1 aromatic heterocycles. The highest BCUT2D eigenvalue weighted by Gasteiger charge is 2.29. The van der Waals surface area contributed by atoms with Gasteiger partial charge >= 0.3 is 5.82 Å². The van der Waals surface area contributed by atoms with Crippen molar-refractivity contribution >= 4 is 17.4 Å². The molecule has 0 saturated carbocycles. The molecule has 0 atom stereocenters. The summed E-state index contributed by atoms with van der Waals surface area (Å²) in [5.41, 5.74) is -0.607. The van der Waals surface area contributed by atoms with Crippen molar-refractivity contribution in [3.63, 3.8) is 0 Å². The normalized spacial score (nSPS) is 10.7. The molecule has 2 aromatic rings. The molecule has 0 unspecified atom stereocenters. The van der Waals surface area contributed by atoms with Crippen LogP contribution in [0.4, 0.5) is 14.6 Å². The first-order valence-corrected chi connectivity index (χ1v) is 5.12. The number of nitro groups is 1. The number of hydrogen-bond acceptors (Lipinski definition) is 3. The van der Waals surface area contributed by atoms with Crippen molar-refractivity contribution in [2.24, 2.45) is 7.05 Å². The van der Waals surface area contributed by atoms with Crippen molar-refractivity contribution in [2.45, 2.75) is 0 Å². The molecule has 1 aromatic carbocycles. The van der Waals surface area contributed by atoms with E-state index in [-0.39, 0.29) is 5.69 Å². The number of aromatic nitrogens is 2.